The van der Waals surface area contributed by atoms with Gasteiger partial charge in [0.15, 0.2) is 11.5 Å². The molecule has 1 aliphatic heterocycles. The minimum atomic E-state index is 0.123. The number of amides is 1. The lowest BCUT2D eigenvalue weighted by Crippen LogP contribution is -2.38. The Hall–Kier alpha value is -2.15. The largest absolute Gasteiger partial charge is 0.360 e. The van der Waals surface area contributed by atoms with E-state index < -0.39 is 0 Å². The lowest BCUT2D eigenvalue weighted by Gasteiger charge is -2.31. The number of likely N-dealkylation sites (N-methyl/N-ethyl adjacent to an activating group) is 1. The Kier molecular flexibility index (Phi) is 5.53. The summed E-state index contributed by atoms with van der Waals surface area (Å²) in [5.41, 5.74) is 4.01. The Morgan fingerprint density at radius 1 is 1.32 bits per heavy atom. The third kappa shape index (κ3) is 3.72. The van der Waals surface area contributed by atoms with Crippen LogP contribution in [0.5, 0.6) is 0 Å². The summed E-state index contributed by atoms with van der Waals surface area (Å²) >= 11 is 0. The van der Waals surface area contributed by atoms with Gasteiger partial charge in [-0.1, -0.05) is 5.16 Å². The number of piperidine rings is 1. The standard InChI is InChI=1S/C21H31N5O2/c1-4-26-19-9-8-16(24(3)14-17-12-15(2)23-28-17)13-18(19)20(22-26)21(27)25-10-6-5-7-11-25/h12,16H,4-11,13-14H2,1-3H3. The van der Waals surface area contributed by atoms with Crippen LogP contribution >= 0.6 is 0 Å². The quantitative estimate of drug-likeness (QED) is 0.792. The van der Waals surface area contributed by atoms with Gasteiger partial charge in [-0.2, -0.15) is 5.10 Å². The van der Waals surface area contributed by atoms with Crippen molar-refractivity contribution in [3.63, 3.8) is 0 Å². The molecule has 1 unspecified atom stereocenters. The number of likely N-dealkylation sites (tertiary alicyclic amines) is 1. The number of fused-ring (bicyclic) bond motifs is 1. The van der Waals surface area contributed by atoms with Crippen LogP contribution in [0.2, 0.25) is 0 Å². The van der Waals surface area contributed by atoms with Crippen LogP contribution in [-0.4, -0.2) is 56.8 Å². The lowest BCUT2D eigenvalue weighted by molar-refractivity contribution is 0.0715. The van der Waals surface area contributed by atoms with Crippen LogP contribution in [0.25, 0.3) is 0 Å². The summed E-state index contributed by atoms with van der Waals surface area (Å²) in [5.74, 6) is 1.01. The van der Waals surface area contributed by atoms with Gasteiger partial charge in [-0.25, -0.2) is 0 Å². The minimum absolute atomic E-state index is 0.123. The third-order valence-electron chi connectivity index (χ3n) is 6.17. The molecule has 28 heavy (non-hydrogen) atoms. The molecule has 1 aliphatic carbocycles. The molecule has 1 saturated heterocycles. The van der Waals surface area contributed by atoms with E-state index in [0.29, 0.717) is 11.7 Å². The summed E-state index contributed by atoms with van der Waals surface area (Å²) in [7, 11) is 2.13. The summed E-state index contributed by atoms with van der Waals surface area (Å²) in [6.45, 7) is 7.32. The zero-order valence-electron chi connectivity index (χ0n) is 17.3. The summed E-state index contributed by atoms with van der Waals surface area (Å²) in [5, 5.41) is 8.73. The predicted molar refractivity (Wildman–Crippen MR) is 106 cm³/mol. The van der Waals surface area contributed by atoms with E-state index in [1.165, 1.54) is 12.1 Å². The highest BCUT2D eigenvalue weighted by molar-refractivity contribution is 5.94. The number of carbonyl (C=O) groups is 1. The number of aromatic nitrogens is 3. The van der Waals surface area contributed by atoms with Gasteiger partial charge in [0.25, 0.3) is 5.91 Å². The molecule has 2 aromatic heterocycles. The van der Waals surface area contributed by atoms with Crippen molar-refractivity contribution in [1.29, 1.82) is 0 Å². The van der Waals surface area contributed by atoms with E-state index >= 15 is 0 Å². The molecule has 2 aromatic rings. The molecule has 7 heteroatoms. The van der Waals surface area contributed by atoms with E-state index in [1.54, 1.807) is 0 Å². The van der Waals surface area contributed by atoms with Crippen molar-refractivity contribution in [1.82, 2.24) is 24.7 Å². The Balaban J connectivity index is 1.54. The maximum absolute atomic E-state index is 13.2. The van der Waals surface area contributed by atoms with Gasteiger partial charge in [-0.15, -0.1) is 0 Å². The van der Waals surface area contributed by atoms with Gasteiger partial charge in [0.1, 0.15) is 0 Å². The first kappa shape index (κ1) is 19.2. The first-order chi connectivity index (χ1) is 13.6. The molecule has 7 nitrogen and oxygen atoms in total. The number of rotatable bonds is 5. The van der Waals surface area contributed by atoms with Gasteiger partial charge in [0.2, 0.25) is 0 Å². The zero-order chi connectivity index (χ0) is 19.7. The lowest BCUT2D eigenvalue weighted by atomic mass is 9.90. The van der Waals surface area contributed by atoms with Gasteiger partial charge >= 0.3 is 0 Å². The highest BCUT2D eigenvalue weighted by Crippen LogP contribution is 2.29. The molecule has 0 bridgehead atoms. The summed E-state index contributed by atoms with van der Waals surface area (Å²) < 4.78 is 7.43. The second-order valence-electron chi connectivity index (χ2n) is 8.19. The molecule has 0 aromatic carbocycles. The van der Waals surface area contributed by atoms with E-state index in [9.17, 15) is 4.79 Å². The first-order valence-electron chi connectivity index (χ1n) is 10.6. The second-order valence-corrected chi connectivity index (χ2v) is 8.19. The smallest absolute Gasteiger partial charge is 0.274 e. The molecular formula is C21H31N5O2. The second kappa shape index (κ2) is 8.07. The van der Waals surface area contributed by atoms with Crippen LogP contribution in [0.4, 0.5) is 0 Å². The average Bonchev–Trinajstić information content (AvgIpc) is 3.30. The van der Waals surface area contributed by atoms with E-state index in [1.807, 2.05) is 22.6 Å². The topological polar surface area (TPSA) is 67.4 Å². The van der Waals surface area contributed by atoms with Gasteiger partial charge in [-0.05, 0) is 59.4 Å². The van der Waals surface area contributed by atoms with E-state index in [-0.39, 0.29) is 5.91 Å². The fourth-order valence-corrected chi connectivity index (χ4v) is 4.59. The molecule has 3 heterocycles. The number of nitrogens with zero attached hydrogens (tertiary/aromatic N) is 5. The highest BCUT2D eigenvalue weighted by atomic mass is 16.5. The molecule has 1 fully saturated rings. The van der Waals surface area contributed by atoms with Crippen LogP contribution in [0.3, 0.4) is 0 Å². The summed E-state index contributed by atoms with van der Waals surface area (Å²) in [4.78, 5) is 17.5. The number of hydrogen-bond acceptors (Lipinski definition) is 5. The average molecular weight is 386 g/mol. The predicted octanol–water partition coefficient (Wildman–Crippen LogP) is 2.81. The summed E-state index contributed by atoms with van der Waals surface area (Å²) in [6, 6.07) is 2.37. The molecular weight excluding hydrogens is 354 g/mol. The first-order valence-corrected chi connectivity index (χ1v) is 10.6. The van der Waals surface area contributed by atoms with Gasteiger partial charge in [-0.3, -0.25) is 14.4 Å². The van der Waals surface area contributed by atoms with Crippen molar-refractivity contribution in [2.24, 2.45) is 0 Å². The molecule has 1 atom stereocenters. The van der Waals surface area contributed by atoms with Crippen molar-refractivity contribution in [2.75, 3.05) is 20.1 Å². The molecule has 0 spiro atoms. The monoisotopic (exact) mass is 385 g/mol. The van der Waals surface area contributed by atoms with Crippen molar-refractivity contribution in [3.05, 3.63) is 34.5 Å². The number of aryl methyl sites for hydroxylation is 2. The normalized spacial score (nSPS) is 19.9. The number of carbonyl (C=O) groups excluding carboxylic acids is 1. The van der Waals surface area contributed by atoms with Gasteiger partial charge < -0.3 is 9.42 Å². The van der Waals surface area contributed by atoms with Crippen LogP contribution in [0.15, 0.2) is 10.6 Å². The van der Waals surface area contributed by atoms with Crippen LogP contribution in [0, 0.1) is 6.92 Å². The van der Waals surface area contributed by atoms with Crippen molar-refractivity contribution in [3.8, 4) is 0 Å². The molecule has 0 saturated carbocycles. The molecule has 4 rings (SSSR count). The molecule has 152 valence electrons. The van der Waals surface area contributed by atoms with Gasteiger partial charge in [0, 0.05) is 43.0 Å². The van der Waals surface area contributed by atoms with Crippen molar-refractivity contribution < 1.29 is 9.32 Å². The SMILES string of the molecule is CCn1nc(C(=O)N2CCCCC2)c2c1CCC(N(C)Cc1cc(C)no1)C2. The van der Waals surface area contributed by atoms with E-state index in [0.717, 1.165) is 75.3 Å². The van der Waals surface area contributed by atoms with E-state index in [2.05, 4.69) is 24.0 Å². The van der Waals surface area contributed by atoms with Crippen LogP contribution in [-0.2, 0) is 25.9 Å². The van der Waals surface area contributed by atoms with Crippen molar-refractivity contribution in [2.45, 2.75) is 71.5 Å². The molecule has 2 aliphatic rings. The fraction of sp³-hybridized carbons (Fsp3) is 0.667. The minimum Gasteiger partial charge on any atom is -0.360 e. The van der Waals surface area contributed by atoms with Crippen molar-refractivity contribution >= 4 is 5.91 Å². The Morgan fingerprint density at radius 3 is 2.79 bits per heavy atom. The zero-order valence-corrected chi connectivity index (χ0v) is 17.3. The highest BCUT2D eigenvalue weighted by Gasteiger charge is 2.32. The maximum Gasteiger partial charge on any atom is 0.274 e. The Morgan fingerprint density at radius 2 is 2.11 bits per heavy atom. The molecule has 0 N–H and O–H groups in total. The molecule has 0 radical (unpaired) electrons. The summed E-state index contributed by atoms with van der Waals surface area (Å²) in [6.07, 6.45) is 6.33. The van der Waals surface area contributed by atoms with E-state index in [4.69, 9.17) is 9.62 Å². The Bertz CT molecular complexity index is 834. The maximum atomic E-state index is 13.2. The fourth-order valence-electron chi connectivity index (χ4n) is 4.59. The van der Waals surface area contributed by atoms with Crippen LogP contribution < -0.4 is 0 Å². The van der Waals surface area contributed by atoms with Crippen LogP contribution in [0.1, 0.15) is 65.8 Å². The van der Waals surface area contributed by atoms with Gasteiger partial charge in [0.05, 0.1) is 12.2 Å². The molecule has 1 amide bonds. The third-order valence-corrected chi connectivity index (χ3v) is 6.17. The number of hydrogen-bond donors (Lipinski definition) is 0. The Labute approximate surface area is 166 Å².